The number of hydrogen-bond acceptors (Lipinski definition) is 3. The Morgan fingerprint density at radius 1 is 1.61 bits per heavy atom. The molecule has 1 rings (SSSR count). The predicted molar refractivity (Wildman–Crippen MR) is 74.3 cm³/mol. The minimum atomic E-state index is -0.237. The van der Waals surface area contributed by atoms with Gasteiger partial charge in [-0.1, -0.05) is 0 Å². The second-order valence-electron chi connectivity index (χ2n) is 3.76. The van der Waals surface area contributed by atoms with Gasteiger partial charge in [-0.3, -0.25) is 4.79 Å². The average Bonchev–Trinajstić information content (AvgIpc) is 2.33. The van der Waals surface area contributed by atoms with Crippen LogP contribution in [0.5, 0.6) is 5.75 Å². The minimum absolute atomic E-state index is 0.0391. The quantitative estimate of drug-likeness (QED) is 0.785. The molecule has 0 saturated heterocycles. The molecule has 18 heavy (non-hydrogen) atoms. The highest BCUT2D eigenvalue weighted by atomic mass is 79.9. The summed E-state index contributed by atoms with van der Waals surface area (Å²) in [5, 5.41) is 12.1. The van der Waals surface area contributed by atoms with E-state index < -0.39 is 0 Å². The van der Waals surface area contributed by atoms with Crippen molar-refractivity contribution in [3.63, 3.8) is 0 Å². The van der Waals surface area contributed by atoms with Crippen LogP contribution >= 0.6 is 27.5 Å². The largest absolute Gasteiger partial charge is 0.507 e. The number of benzene rings is 1. The number of aromatic hydroxyl groups is 1. The molecule has 100 valence electrons. The van der Waals surface area contributed by atoms with E-state index in [9.17, 15) is 9.90 Å². The molecule has 0 aromatic heterocycles. The van der Waals surface area contributed by atoms with Crippen LogP contribution in [0.1, 0.15) is 16.8 Å². The Balaban J connectivity index is 2.43. The zero-order valence-corrected chi connectivity index (χ0v) is 12.3. The normalized spacial score (nSPS) is 12.2. The first-order valence-corrected chi connectivity index (χ1v) is 6.67. The standard InChI is InChI=1S/C12H15BrClNO3/c1-18-7-9(14)4-5-15-12(17)8-2-3-10(13)11(16)6-8/h2-3,6,9,16H,4-5,7H2,1H3,(H,15,17). The first kappa shape index (κ1) is 15.3. The van der Waals surface area contributed by atoms with Crippen LogP contribution in [0.3, 0.4) is 0 Å². The highest BCUT2D eigenvalue weighted by Gasteiger charge is 2.09. The summed E-state index contributed by atoms with van der Waals surface area (Å²) in [5.74, 6) is -0.198. The molecule has 0 heterocycles. The zero-order chi connectivity index (χ0) is 13.5. The number of amides is 1. The van der Waals surface area contributed by atoms with Gasteiger partial charge in [0.25, 0.3) is 5.91 Å². The van der Waals surface area contributed by atoms with E-state index in [1.807, 2.05) is 0 Å². The van der Waals surface area contributed by atoms with E-state index in [0.29, 0.717) is 29.6 Å². The lowest BCUT2D eigenvalue weighted by Crippen LogP contribution is -2.27. The van der Waals surface area contributed by atoms with E-state index in [1.54, 1.807) is 19.2 Å². The van der Waals surface area contributed by atoms with Gasteiger partial charge in [0.05, 0.1) is 16.5 Å². The molecule has 1 atom stereocenters. The summed E-state index contributed by atoms with van der Waals surface area (Å²) < 4.78 is 5.45. The summed E-state index contributed by atoms with van der Waals surface area (Å²) in [5.41, 5.74) is 0.411. The number of methoxy groups -OCH3 is 1. The molecule has 1 unspecified atom stereocenters. The number of phenolic OH excluding ortho intramolecular Hbond substituents is 1. The highest BCUT2D eigenvalue weighted by molar-refractivity contribution is 9.10. The van der Waals surface area contributed by atoms with Crippen molar-refractivity contribution in [3.05, 3.63) is 28.2 Å². The molecule has 0 aliphatic heterocycles. The number of hydrogen-bond donors (Lipinski definition) is 2. The van der Waals surface area contributed by atoms with E-state index in [1.165, 1.54) is 6.07 Å². The Bertz CT molecular complexity index is 414. The molecule has 0 bridgehead atoms. The molecular formula is C12H15BrClNO3. The second kappa shape index (κ2) is 7.61. The van der Waals surface area contributed by atoms with Crippen molar-refractivity contribution in [2.24, 2.45) is 0 Å². The fraction of sp³-hybridized carbons (Fsp3) is 0.417. The first-order valence-electron chi connectivity index (χ1n) is 5.44. The second-order valence-corrected chi connectivity index (χ2v) is 5.23. The van der Waals surface area contributed by atoms with Gasteiger partial charge in [0.15, 0.2) is 0 Å². The lowest BCUT2D eigenvalue weighted by molar-refractivity contribution is 0.0951. The number of carbonyl (C=O) groups excluding carboxylic acids is 1. The molecule has 0 saturated carbocycles. The van der Waals surface area contributed by atoms with Crippen LogP contribution in [0.15, 0.2) is 22.7 Å². The van der Waals surface area contributed by atoms with Crippen molar-refractivity contribution in [1.82, 2.24) is 5.32 Å². The van der Waals surface area contributed by atoms with Gasteiger partial charge in [0.2, 0.25) is 0 Å². The molecule has 4 nitrogen and oxygen atoms in total. The van der Waals surface area contributed by atoms with Crippen LogP contribution in [0.4, 0.5) is 0 Å². The van der Waals surface area contributed by atoms with Gasteiger partial charge in [-0.25, -0.2) is 0 Å². The molecule has 0 radical (unpaired) electrons. The van der Waals surface area contributed by atoms with Gasteiger partial charge in [0, 0.05) is 19.2 Å². The van der Waals surface area contributed by atoms with E-state index in [-0.39, 0.29) is 17.0 Å². The Kier molecular flexibility index (Phi) is 6.46. The number of ether oxygens (including phenoxy) is 1. The fourth-order valence-electron chi connectivity index (χ4n) is 1.36. The maximum atomic E-state index is 11.7. The average molecular weight is 337 g/mol. The third-order valence-electron chi connectivity index (χ3n) is 2.30. The van der Waals surface area contributed by atoms with Crippen molar-refractivity contribution in [2.45, 2.75) is 11.8 Å². The summed E-state index contributed by atoms with van der Waals surface area (Å²) in [7, 11) is 1.58. The number of rotatable bonds is 6. The van der Waals surface area contributed by atoms with Crippen molar-refractivity contribution < 1.29 is 14.6 Å². The molecule has 0 spiro atoms. The summed E-state index contributed by atoms with van der Waals surface area (Å²) in [4.78, 5) is 11.7. The topological polar surface area (TPSA) is 58.6 Å². The summed E-state index contributed by atoms with van der Waals surface area (Å²) >= 11 is 9.09. The number of alkyl halides is 1. The molecule has 0 aliphatic carbocycles. The maximum absolute atomic E-state index is 11.7. The predicted octanol–water partition coefficient (Wildman–Crippen LogP) is 2.53. The van der Waals surface area contributed by atoms with E-state index in [2.05, 4.69) is 21.2 Å². The number of halogens is 2. The minimum Gasteiger partial charge on any atom is -0.507 e. The summed E-state index contributed by atoms with van der Waals surface area (Å²) in [6.45, 7) is 0.920. The van der Waals surface area contributed by atoms with Gasteiger partial charge in [-0.05, 0) is 40.5 Å². The van der Waals surface area contributed by atoms with Crippen LogP contribution in [-0.4, -0.2) is 36.7 Å². The Morgan fingerprint density at radius 2 is 2.33 bits per heavy atom. The van der Waals surface area contributed by atoms with Crippen LogP contribution in [0.25, 0.3) is 0 Å². The SMILES string of the molecule is COCC(Cl)CCNC(=O)c1ccc(Br)c(O)c1. The van der Waals surface area contributed by atoms with Gasteiger partial charge in [-0.15, -0.1) is 11.6 Å². The molecule has 1 aromatic rings. The number of phenols is 1. The van der Waals surface area contributed by atoms with Crippen molar-refractivity contribution in [2.75, 3.05) is 20.3 Å². The number of nitrogens with one attached hydrogen (secondary N) is 1. The molecule has 2 N–H and O–H groups in total. The monoisotopic (exact) mass is 335 g/mol. The van der Waals surface area contributed by atoms with Crippen LogP contribution < -0.4 is 5.32 Å². The Labute approximate surface area is 119 Å². The molecule has 1 amide bonds. The number of carbonyl (C=O) groups is 1. The van der Waals surface area contributed by atoms with Crippen molar-refractivity contribution in [1.29, 1.82) is 0 Å². The van der Waals surface area contributed by atoms with Gasteiger partial charge >= 0.3 is 0 Å². The summed E-state index contributed by atoms with van der Waals surface area (Å²) in [6.07, 6.45) is 0.629. The van der Waals surface area contributed by atoms with Crippen LogP contribution in [-0.2, 0) is 4.74 Å². The molecule has 0 aliphatic rings. The maximum Gasteiger partial charge on any atom is 0.251 e. The Morgan fingerprint density at radius 3 is 2.94 bits per heavy atom. The molecule has 6 heteroatoms. The Hall–Kier alpha value is -0.780. The van der Waals surface area contributed by atoms with Gasteiger partial charge in [0.1, 0.15) is 5.75 Å². The van der Waals surface area contributed by atoms with Crippen LogP contribution in [0, 0.1) is 0 Å². The van der Waals surface area contributed by atoms with Crippen molar-refractivity contribution >= 4 is 33.4 Å². The van der Waals surface area contributed by atoms with Crippen LogP contribution in [0.2, 0.25) is 0 Å². The lowest BCUT2D eigenvalue weighted by atomic mass is 10.2. The smallest absolute Gasteiger partial charge is 0.251 e. The third-order valence-corrected chi connectivity index (χ3v) is 3.31. The lowest BCUT2D eigenvalue weighted by Gasteiger charge is -2.09. The van der Waals surface area contributed by atoms with Crippen molar-refractivity contribution in [3.8, 4) is 5.75 Å². The van der Waals surface area contributed by atoms with Gasteiger partial charge < -0.3 is 15.2 Å². The highest BCUT2D eigenvalue weighted by Crippen LogP contribution is 2.24. The van der Waals surface area contributed by atoms with E-state index in [4.69, 9.17) is 16.3 Å². The fourth-order valence-corrected chi connectivity index (χ4v) is 1.84. The zero-order valence-electron chi connectivity index (χ0n) is 9.95. The van der Waals surface area contributed by atoms with Gasteiger partial charge in [-0.2, -0.15) is 0 Å². The van der Waals surface area contributed by atoms with E-state index in [0.717, 1.165) is 0 Å². The molecule has 1 aromatic carbocycles. The van der Waals surface area contributed by atoms with E-state index >= 15 is 0 Å². The first-order chi connectivity index (χ1) is 8.54. The summed E-state index contributed by atoms with van der Waals surface area (Å²) in [6, 6.07) is 4.67. The molecule has 0 fully saturated rings. The molecular weight excluding hydrogens is 321 g/mol. The third kappa shape index (κ3) is 4.84.